The Morgan fingerprint density at radius 2 is 1.14 bits per heavy atom. The third-order valence-corrected chi connectivity index (χ3v) is 8.68. The number of hydrogen-bond acceptors (Lipinski definition) is 15. The highest BCUT2D eigenvalue weighted by atomic mass is 32.2. The van der Waals surface area contributed by atoms with E-state index in [0.29, 0.717) is 14.7 Å². The van der Waals surface area contributed by atoms with Crippen LogP contribution in [0.4, 0.5) is 5.13 Å². The number of nitrogens with one attached hydrogen (secondary N) is 3. The summed E-state index contributed by atoms with van der Waals surface area (Å²) in [4.78, 5) is 36.8. The monoisotopic (exact) mass is 641 g/mol. The molecule has 5 aromatic rings. The average Bonchev–Trinajstić information content (AvgIpc) is 3.79. The highest BCUT2D eigenvalue weighted by Crippen LogP contribution is 2.26. The van der Waals surface area contributed by atoms with Crippen molar-refractivity contribution >= 4 is 69.5 Å². The number of carbonyl (C=O) groups is 3. The zero-order valence-electron chi connectivity index (χ0n) is 21.2. The van der Waals surface area contributed by atoms with Gasteiger partial charge >= 0.3 is 0 Å². The molecular formula is C22H19N13O3S4. The summed E-state index contributed by atoms with van der Waals surface area (Å²) in [5, 5.41) is 34.9. The van der Waals surface area contributed by atoms with Crippen LogP contribution in [0.2, 0.25) is 0 Å². The van der Waals surface area contributed by atoms with Gasteiger partial charge in [-0.25, -0.2) is 0 Å². The number of anilines is 1. The minimum Gasteiger partial charge on any atom is -0.300 e. The van der Waals surface area contributed by atoms with E-state index in [4.69, 9.17) is 0 Å². The summed E-state index contributed by atoms with van der Waals surface area (Å²) in [7, 11) is 0. The number of para-hydroxylation sites is 2. The first-order valence-electron chi connectivity index (χ1n) is 11.8. The van der Waals surface area contributed by atoms with Crippen molar-refractivity contribution in [2.45, 2.75) is 14.7 Å². The lowest BCUT2D eigenvalue weighted by Gasteiger charge is -2.07. The Kier molecular flexibility index (Phi) is 10.0. The van der Waals surface area contributed by atoms with Crippen molar-refractivity contribution in [1.29, 1.82) is 0 Å². The van der Waals surface area contributed by atoms with Crippen LogP contribution < -0.4 is 16.2 Å². The molecule has 3 heterocycles. The quantitative estimate of drug-likeness (QED) is 0.0998. The van der Waals surface area contributed by atoms with E-state index in [0.717, 1.165) is 46.2 Å². The molecule has 20 heteroatoms. The molecule has 0 saturated heterocycles. The van der Waals surface area contributed by atoms with Crippen LogP contribution in [0.25, 0.3) is 11.4 Å². The molecule has 5 rings (SSSR count). The number of rotatable bonds is 12. The molecule has 0 aliphatic carbocycles. The fraction of sp³-hybridized carbons (Fsp3) is 0.136. The second kappa shape index (κ2) is 14.5. The van der Waals surface area contributed by atoms with Crippen LogP contribution in [0.15, 0.2) is 75.3 Å². The van der Waals surface area contributed by atoms with E-state index in [9.17, 15) is 14.4 Å². The molecule has 42 heavy (non-hydrogen) atoms. The number of hydrazine groups is 1. The number of benzene rings is 2. The lowest BCUT2D eigenvalue weighted by atomic mass is 10.3. The number of hydrogen-bond donors (Lipinski definition) is 3. The van der Waals surface area contributed by atoms with Crippen molar-refractivity contribution in [3.8, 4) is 11.4 Å². The molecule has 2 aromatic carbocycles. The van der Waals surface area contributed by atoms with Gasteiger partial charge in [0.2, 0.25) is 33.2 Å². The van der Waals surface area contributed by atoms with Gasteiger partial charge < -0.3 is 0 Å². The Balaban J connectivity index is 0.999. The smallest absolute Gasteiger partial charge is 0.248 e. The van der Waals surface area contributed by atoms with Gasteiger partial charge in [0.25, 0.3) is 0 Å². The fourth-order valence-electron chi connectivity index (χ4n) is 3.07. The number of tetrazole rings is 2. The summed E-state index contributed by atoms with van der Waals surface area (Å²) < 4.78 is 3.53. The van der Waals surface area contributed by atoms with Crippen molar-refractivity contribution in [2.24, 2.45) is 0 Å². The van der Waals surface area contributed by atoms with E-state index in [1.54, 1.807) is 4.68 Å². The van der Waals surface area contributed by atoms with E-state index in [-0.39, 0.29) is 28.3 Å². The van der Waals surface area contributed by atoms with Crippen LogP contribution in [0.5, 0.6) is 0 Å². The van der Waals surface area contributed by atoms with Crippen LogP contribution in [-0.4, -0.2) is 85.6 Å². The first-order chi connectivity index (χ1) is 20.5. The molecule has 3 aromatic heterocycles. The molecule has 214 valence electrons. The predicted molar refractivity (Wildman–Crippen MR) is 155 cm³/mol. The predicted octanol–water partition coefficient (Wildman–Crippen LogP) is 1.25. The largest absolute Gasteiger partial charge is 0.300 e. The molecule has 0 unspecified atom stereocenters. The Morgan fingerprint density at radius 1 is 0.643 bits per heavy atom. The Labute approximate surface area is 253 Å². The molecule has 3 N–H and O–H groups in total. The third-order valence-electron chi connectivity index (χ3n) is 4.87. The van der Waals surface area contributed by atoms with Gasteiger partial charge in [-0.2, -0.15) is 9.36 Å². The summed E-state index contributed by atoms with van der Waals surface area (Å²) in [6, 6.07) is 18.6. The topological polar surface area (TPSA) is 200 Å². The molecular weight excluding hydrogens is 623 g/mol. The van der Waals surface area contributed by atoms with Crippen molar-refractivity contribution in [3.63, 3.8) is 0 Å². The fourth-order valence-corrected chi connectivity index (χ4v) is 6.02. The Hall–Kier alpha value is -4.40. The lowest BCUT2D eigenvalue weighted by molar-refractivity contribution is -0.126. The van der Waals surface area contributed by atoms with E-state index >= 15 is 0 Å². The molecule has 0 atom stereocenters. The van der Waals surface area contributed by atoms with Gasteiger partial charge in [0.05, 0.1) is 28.6 Å². The van der Waals surface area contributed by atoms with Crippen molar-refractivity contribution < 1.29 is 14.4 Å². The molecule has 0 radical (unpaired) electrons. The highest BCUT2D eigenvalue weighted by molar-refractivity contribution is 8.01. The van der Waals surface area contributed by atoms with Gasteiger partial charge in [-0.05, 0) is 45.1 Å². The normalized spacial score (nSPS) is 10.8. The first-order valence-corrected chi connectivity index (χ1v) is 15.6. The maximum Gasteiger partial charge on any atom is 0.248 e. The van der Waals surface area contributed by atoms with Crippen LogP contribution >= 0.6 is 46.6 Å². The van der Waals surface area contributed by atoms with Gasteiger partial charge in [-0.3, -0.25) is 30.6 Å². The van der Waals surface area contributed by atoms with Crippen molar-refractivity contribution in [2.75, 3.05) is 22.6 Å². The molecule has 0 spiro atoms. The number of carbonyl (C=O) groups excluding carboxylic acids is 3. The SMILES string of the molecule is O=C(CSc1nnc(NC(=O)CSc2nnnn2-c2ccccc2)s1)NNC(=O)CSc1nnnn1-c1ccccc1. The maximum absolute atomic E-state index is 12.4. The first kappa shape index (κ1) is 29.1. The summed E-state index contributed by atoms with van der Waals surface area (Å²) >= 11 is 4.53. The van der Waals surface area contributed by atoms with E-state index in [1.165, 1.54) is 16.4 Å². The van der Waals surface area contributed by atoms with Crippen LogP contribution in [0.3, 0.4) is 0 Å². The van der Waals surface area contributed by atoms with Crippen molar-refractivity contribution in [1.82, 2.24) is 61.5 Å². The molecule has 16 nitrogen and oxygen atoms in total. The minimum absolute atomic E-state index is 0.0143. The molecule has 0 aliphatic heterocycles. The second-order valence-electron chi connectivity index (χ2n) is 7.80. The van der Waals surface area contributed by atoms with Gasteiger partial charge in [0.15, 0.2) is 4.34 Å². The number of nitrogens with zero attached hydrogens (tertiary/aromatic N) is 10. The minimum atomic E-state index is -0.444. The standard InChI is InChI=1S/C22H19N13O3S4/c36-16(11-39-20-27-30-32-34(20)14-7-3-1-4-8-14)23-19-26-29-22(42-19)41-13-18(38)25-24-17(37)12-40-21-28-31-33-35(21)15-9-5-2-6-10-15/h1-10H,11-13H2,(H,24,37)(H,25,38)(H,23,26,36). The van der Waals surface area contributed by atoms with E-state index in [1.807, 2.05) is 60.7 Å². The molecule has 3 amide bonds. The van der Waals surface area contributed by atoms with Gasteiger partial charge in [-0.15, -0.1) is 20.4 Å². The summed E-state index contributed by atoms with van der Waals surface area (Å²) in [6.07, 6.45) is 0. The van der Waals surface area contributed by atoms with Gasteiger partial charge in [-0.1, -0.05) is 83.0 Å². The number of thioether (sulfide) groups is 3. The van der Waals surface area contributed by atoms with Crippen LogP contribution in [0.1, 0.15) is 0 Å². The summed E-state index contributed by atoms with van der Waals surface area (Å²) in [5.41, 5.74) is 6.24. The van der Waals surface area contributed by atoms with Gasteiger partial charge in [0, 0.05) is 0 Å². The van der Waals surface area contributed by atoms with Crippen LogP contribution in [0, 0.1) is 0 Å². The Morgan fingerprint density at radius 3 is 1.69 bits per heavy atom. The molecule has 0 fully saturated rings. The van der Waals surface area contributed by atoms with Gasteiger partial charge in [0.1, 0.15) is 0 Å². The molecule has 0 bridgehead atoms. The van der Waals surface area contributed by atoms with Crippen molar-refractivity contribution in [3.05, 3.63) is 60.7 Å². The molecule has 0 aliphatic rings. The number of aromatic nitrogens is 10. The second-order valence-corrected chi connectivity index (χ2v) is 11.9. The molecule has 0 saturated carbocycles. The maximum atomic E-state index is 12.4. The Bertz CT molecular complexity index is 1650. The summed E-state index contributed by atoms with van der Waals surface area (Å²) in [5.74, 6) is -1.18. The average molecular weight is 642 g/mol. The zero-order chi connectivity index (χ0) is 29.1. The third kappa shape index (κ3) is 8.09. The highest BCUT2D eigenvalue weighted by Gasteiger charge is 2.15. The summed E-state index contributed by atoms with van der Waals surface area (Å²) in [6.45, 7) is 0. The van der Waals surface area contributed by atoms with E-state index < -0.39 is 11.8 Å². The van der Waals surface area contributed by atoms with E-state index in [2.05, 4.69) is 57.4 Å². The lowest BCUT2D eigenvalue weighted by Crippen LogP contribution is -2.43. The zero-order valence-corrected chi connectivity index (χ0v) is 24.5. The number of amides is 3. The van der Waals surface area contributed by atoms with Crippen LogP contribution in [-0.2, 0) is 14.4 Å².